The zero-order valence-electron chi connectivity index (χ0n) is 14.7. The molecule has 0 aromatic carbocycles. The standard InChI is InChI=1S/C20H23N5O/c1-4-17(24-19(5-1)23-14-3-2-9-21-12-14)18-13-22-20-11-16(8-10-25(18)20)26-15-6-7-15/h1,4-5,8,10-11,13-15,21H,2-3,6-7,9,12H2,(H,23,24). The molecule has 1 saturated carbocycles. The predicted molar refractivity (Wildman–Crippen MR) is 102 cm³/mol. The molecule has 0 spiro atoms. The lowest BCUT2D eigenvalue weighted by Crippen LogP contribution is -2.38. The van der Waals surface area contributed by atoms with Gasteiger partial charge in [0.2, 0.25) is 0 Å². The molecule has 3 aromatic heterocycles. The number of hydrogen-bond donors (Lipinski definition) is 2. The van der Waals surface area contributed by atoms with Gasteiger partial charge in [-0.1, -0.05) is 6.07 Å². The maximum Gasteiger partial charge on any atom is 0.140 e. The molecule has 2 fully saturated rings. The number of nitrogens with one attached hydrogen (secondary N) is 2. The van der Waals surface area contributed by atoms with E-state index < -0.39 is 0 Å². The van der Waals surface area contributed by atoms with Crippen molar-refractivity contribution in [2.24, 2.45) is 0 Å². The number of ether oxygens (including phenoxy) is 1. The molecule has 26 heavy (non-hydrogen) atoms. The third-order valence-electron chi connectivity index (χ3n) is 4.97. The maximum atomic E-state index is 5.87. The first-order valence-electron chi connectivity index (χ1n) is 9.44. The van der Waals surface area contributed by atoms with Gasteiger partial charge in [0.1, 0.15) is 17.2 Å². The number of piperidine rings is 1. The Morgan fingerprint density at radius 1 is 1.19 bits per heavy atom. The number of anilines is 1. The highest BCUT2D eigenvalue weighted by Gasteiger charge is 2.23. The van der Waals surface area contributed by atoms with Crippen LogP contribution in [0.3, 0.4) is 0 Å². The van der Waals surface area contributed by atoms with Crippen LogP contribution in [0.2, 0.25) is 0 Å². The van der Waals surface area contributed by atoms with E-state index in [1.54, 1.807) is 0 Å². The normalized spacial score (nSPS) is 20.2. The minimum absolute atomic E-state index is 0.394. The van der Waals surface area contributed by atoms with Crippen LogP contribution in [0.15, 0.2) is 42.7 Å². The summed E-state index contributed by atoms with van der Waals surface area (Å²) in [6.07, 6.45) is 8.99. The smallest absolute Gasteiger partial charge is 0.140 e. The van der Waals surface area contributed by atoms with Gasteiger partial charge in [-0.2, -0.15) is 0 Å². The Hall–Kier alpha value is -2.60. The molecule has 1 aliphatic carbocycles. The van der Waals surface area contributed by atoms with Crippen molar-refractivity contribution in [1.29, 1.82) is 0 Å². The fourth-order valence-electron chi connectivity index (χ4n) is 3.45. The van der Waals surface area contributed by atoms with Gasteiger partial charge in [0, 0.05) is 24.8 Å². The average Bonchev–Trinajstić information content (AvgIpc) is 3.39. The van der Waals surface area contributed by atoms with Gasteiger partial charge >= 0.3 is 0 Å². The van der Waals surface area contributed by atoms with E-state index in [1.165, 1.54) is 12.8 Å². The topological polar surface area (TPSA) is 63.5 Å². The number of imidazole rings is 1. The van der Waals surface area contributed by atoms with E-state index in [2.05, 4.69) is 20.0 Å². The molecule has 5 rings (SSSR count). The van der Waals surface area contributed by atoms with Gasteiger partial charge in [-0.15, -0.1) is 0 Å². The van der Waals surface area contributed by atoms with Crippen LogP contribution in [0, 0.1) is 0 Å². The second-order valence-electron chi connectivity index (χ2n) is 7.15. The highest BCUT2D eigenvalue weighted by Crippen LogP contribution is 2.28. The first kappa shape index (κ1) is 15.6. The Bertz CT molecular complexity index is 911. The minimum Gasteiger partial charge on any atom is -0.490 e. The van der Waals surface area contributed by atoms with Gasteiger partial charge < -0.3 is 15.4 Å². The fraction of sp³-hybridized carbons (Fsp3) is 0.400. The molecule has 1 aliphatic heterocycles. The maximum absolute atomic E-state index is 5.87. The lowest BCUT2D eigenvalue weighted by Gasteiger charge is -2.24. The van der Waals surface area contributed by atoms with Crippen molar-refractivity contribution in [2.75, 3.05) is 18.4 Å². The first-order chi connectivity index (χ1) is 12.8. The van der Waals surface area contributed by atoms with Crippen LogP contribution in [0.5, 0.6) is 5.75 Å². The fourth-order valence-corrected chi connectivity index (χ4v) is 3.45. The predicted octanol–water partition coefficient (Wildman–Crippen LogP) is 3.10. The average molecular weight is 349 g/mol. The van der Waals surface area contributed by atoms with Gasteiger partial charge in [0.15, 0.2) is 0 Å². The van der Waals surface area contributed by atoms with E-state index in [1.807, 2.05) is 42.7 Å². The molecular weight excluding hydrogens is 326 g/mol. The summed E-state index contributed by atoms with van der Waals surface area (Å²) in [5.41, 5.74) is 2.79. The number of pyridine rings is 2. The van der Waals surface area contributed by atoms with Crippen molar-refractivity contribution in [3.63, 3.8) is 0 Å². The highest BCUT2D eigenvalue weighted by molar-refractivity contribution is 5.62. The SMILES string of the molecule is c1cc(NC2CCCNC2)nc(-c2cnc3cc(OC4CC4)ccn23)c1. The number of nitrogens with zero attached hydrogens (tertiary/aromatic N) is 3. The van der Waals surface area contributed by atoms with Crippen molar-refractivity contribution < 1.29 is 4.74 Å². The Morgan fingerprint density at radius 2 is 2.15 bits per heavy atom. The second kappa shape index (κ2) is 6.61. The largest absolute Gasteiger partial charge is 0.490 e. The van der Waals surface area contributed by atoms with Crippen LogP contribution >= 0.6 is 0 Å². The van der Waals surface area contributed by atoms with Crippen molar-refractivity contribution >= 4 is 11.5 Å². The summed E-state index contributed by atoms with van der Waals surface area (Å²) < 4.78 is 7.93. The van der Waals surface area contributed by atoms with E-state index in [0.29, 0.717) is 12.1 Å². The molecule has 2 aliphatic rings. The molecule has 1 atom stereocenters. The Kier molecular flexibility index (Phi) is 3.97. The summed E-state index contributed by atoms with van der Waals surface area (Å²) in [6, 6.07) is 10.6. The van der Waals surface area contributed by atoms with Gasteiger partial charge in [0.25, 0.3) is 0 Å². The van der Waals surface area contributed by atoms with Crippen molar-refractivity contribution in [3.05, 3.63) is 42.7 Å². The molecule has 0 radical (unpaired) electrons. The Morgan fingerprint density at radius 3 is 3.00 bits per heavy atom. The molecule has 134 valence electrons. The van der Waals surface area contributed by atoms with E-state index in [9.17, 15) is 0 Å². The molecule has 0 amide bonds. The molecule has 0 bridgehead atoms. The number of rotatable bonds is 5. The quantitative estimate of drug-likeness (QED) is 0.741. The van der Waals surface area contributed by atoms with E-state index in [0.717, 1.165) is 54.5 Å². The van der Waals surface area contributed by atoms with Crippen molar-refractivity contribution in [1.82, 2.24) is 19.7 Å². The van der Waals surface area contributed by atoms with Gasteiger partial charge in [-0.25, -0.2) is 9.97 Å². The molecule has 4 heterocycles. The first-order valence-corrected chi connectivity index (χ1v) is 9.44. The molecule has 2 N–H and O–H groups in total. The summed E-state index contributed by atoms with van der Waals surface area (Å²) in [5.74, 6) is 1.81. The molecule has 6 heteroatoms. The zero-order chi connectivity index (χ0) is 17.3. The minimum atomic E-state index is 0.394. The van der Waals surface area contributed by atoms with Gasteiger partial charge in [-0.05, 0) is 50.4 Å². The lowest BCUT2D eigenvalue weighted by molar-refractivity contribution is 0.303. The molecule has 3 aromatic rings. The summed E-state index contributed by atoms with van der Waals surface area (Å²) in [6.45, 7) is 2.10. The third kappa shape index (κ3) is 3.24. The Balaban J connectivity index is 1.40. The summed E-state index contributed by atoms with van der Waals surface area (Å²) in [7, 11) is 0. The van der Waals surface area contributed by atoms with E-state index >= 15 is 0 Å². The monoisotopic (exact) mass is 349 g/mol. The van der Waals surface area contributed by atoms with Gasteiger partial charge in [-0.3, -0.25) is 4.40 Å². The summed E-state index contributed by atoms with van der Waals surface area (Å²) in [4.78, 5) is 9.35. The highest BCUT2D eigenvalue weighted by atomic mass is 16.5. The number of hydrogen-bond acceptors (Lipinski definition) is 5. The van der Waals surface area contributed by atoms with Crippen molar-refractivity contribution in [3.8, 4) is 17.1 Å². The van der Waals surface area contributed by atoms with Crippen LogP contribution in [0.4, 0.5) is 5.82 Å². The molecule has 1 unspecified atom stereocenters. The lowest BCUT2D eigenvalue weighted by atomic mass is 10.1. The van der Waals surface area contributed by atoms with Crippen LogP contribution < -0.4 is 15.4 Å². The number of aromatic nitrogens is 3. The second-order valence-corrected chi connectivity index (χ2v) is 7.15. The Labute approximate surface area is 152 Å². The summed E-state index contributed by atoms with van der Waals surface area (Å²) in [5, 5.41) is 6.97. The zero-order valence-corrected chi connectivity index (χ0v) is 14.7. The third-order valence-corrected chi connectivity index (χ3v) is 4.97. The summed E-state index contributed by atoms with van der Waals surface area (Å²) >= 11 is 0. The molecular formula is C20H23N5O. The van der Waals surface area contributed by atoms with E-state index in [-0.39, 0.29) is 0 Å². The number of fused-ring (bicyclic) bond motifs is 1. The van der Waals surface area contributed by atoms with Crippen LogP contribution in [0.25, 0.3) is 17.0 Å². The molecule has 1 saturated heterocycles. The molecule has 6 nitrogen and oxygen atoms in total. The van der Waals surface area contributed by atoms with Crippen LogP contribution in [-0.4, -0.2) is 39.6 Å². The van der Waals surface area contributed by atoms with Crippen LogP contribution in [0.1, 0.15) is 25.7 Å². The van der Waals surface area contributed by atoms with Crippen LogP contribution in [-0.2, 0) is 0 Å². The van der Waals surface area contributed by atoms with E-state index in [4.69, 9.17) is 9.72 Å². The van der Waals surface area contributed by atoms with Gasteiger partial charge in [0.05, 0.1) is 23.7 Å². The van der Waals surface area contributed by atoms with Crippen molar-refractivity contribution in [2.45, 2.75) is 37.8 Å².